The minimum absolute atomic E-state index is 0.101. The van der Waals surface area contributed by atoms with Crippen molar-refractivity contribution in [1.82, 2.24) is 0 Å². The molecule has 1 heterocycles. The monoisotopic (exact) mass is 319 g/mol. The first kappa shape index (κ1) is 14.8. The Labute approximate surface area is 120 Å². The van der Waals surface area contributed by atoms with E-state index in [2.05, 4.69) is 4.72 Å². The summed E-state index contributed by atoms with van der Waals surface area (Å²) in [5.74, 6) is -0.542. The number of aliphatic hydroxyl groups excluding tert-OH is 1. The fraction of sp³-hybridized carbons (Fsp3) is 0.167. The van der Waals surface area contributed by atoms with Crippen molar-refractivity contribution >= 4 is 27.3 Å². The maximum Gasteiger partial charge on any atom is 0.265 e. The van der Waals surface area contributed by atoms with Crippen LogP contribution in [0.25, 0.3) is 0 Å². The molecule has 8 heteroatoms. The molecule has 0 bridgehead atoms. The van der Waals surface area contributed by atoms with Gasteiger partial charge in [0.05, 0.1) is 5.69 Å². The van der Waals surface area contributed by atoms with Gasteiger partial charge >= 0.3 is 0 Å². The van der Waals surface area contributed by atoms with Crippen molar-refractivity contribution in [1.29, 1.82) is 0 Å². The van der Waals surface area contributed by atoms with Crippen molar-refractivity contribution in [3.63, 3.8) is 0 Å². The molecule has 2 N–H and O–H groups in total. The highest BCUT2D eigenvalue weighted by atomic mass is 35.5. The van der Waals surface area contributed by atoms with Gasteiger partial charge in [-0.2, -0.15) is 0 Å². The van der Waals surface area contributed by atoms with Gasteiger partial charge < -0.3 is 9.52 Å². The predicted octanol–water partition coefficient (Wildman–Crippen LogP) is 2.67. The first-order valence-corrected chi connectivity index (χ1v) is 7.37. The Hall–Kier alpha value is -1.57. The van der Waals surface area contributed by atoms with Crippen molar-refractivity contribution in [2.24, 2.45) is 0 Å². The Morgan fingerprint density at radius 1 is 1.40 bits per heavy atom. The lowest BCUT2D eigenvalue weighted by molar-refractivity contribution is 0.245. The highest BCUT2D eigenvalue weighted by Gasteiger charge is 2.22. The van der Waals surface area contributed by atoms with Crippen LogP contribution in [0, 0.1) is 12.7 Å². The summed E-state index contributed by atoms with van der Waals surface area (Å²) in [7, 11) is -4.03. The number of sulfonamides is 1. The highest BCUT2D eigenvalue weighted by molar-refractivity contribution is 7.92. The van der Waals surface area contributed by atoms with Gasteiger partial charge in [0.2, 0.25) is 0 Å². The molecule has 0 saturated carbocycles. The van der Waals surface area contributed by atoms with Gasteiger partial charge in [-0.3, -0.25) is 4.72 Å². The van der Waals surface area contributed by atoms with Gasteiger partial charge in [0.1, 0.15) is 28.8 Å². The van der Waals surface area contributed by atoms with Crippen LogP contribution in [0.15, 0.2) is 33.6 Å². The zero-order chi connectivity index (χ0) is 14.9. The third-order valence-corrected chi connectivity index (χ3v) is 4.25. The number of rotatable bonds is 4. The van der Waals surface area contributed by atoms with E-state index in [1.165, 1.54) is 19.1 Å². The van der Waals surface area contributed by atoms with E-state index >= 15 is 0 Å². The molecule has 1 aromatic carbocycles. The molecule has 0 atom stereocenters. The van der Waals surface area contributed by atoms with Crippen LogP contribution < -0.4 is 4.72 Å². The SMILES string of the molecule is Cc1oc(CO)cc1S(=O)(=O)Nc1cc(Cl)ccc1F. The molecule has 2 rings (SSSR count). The molecule has 0 amide bonds. The first-order chi connectivity index (χ1) is 9.33. The summed E-state index contributed by atoms with van der Waals surface area (Å²) in [6.07, 6.45) is 0. The van der Waals surface area contributed by atoms with E-state index in [9.17, 15) is 12.8 Å². The summed E-state index contributed by atoms with van der Waals surface area (Å²) < 4.78 is 45.0. The van der Waals surface area contributed by atoms with Crippen molar-refractivity contribution in [3.8, 4) is 0 Å². The highest BCUT2D eigenvalue weighted by Crippen LogP contribution is 2.26. The van der Waals surface area contributed by atoms with Crippen LogP contribution >= 0.6 is 11.6 Å². The second-order valence-corrected chi connectivity index (χ2v) is 6.11. The molecule has 0 aliphatic rings. The zero-order valence-corrected chi connectivity index (χ0v) is 11.9. The van der Waals surface area contributed by atoms with Crippen LogP contribution in [0.5, 0.6) is 0 Å². The van der Waals surface area contributed by atoms with Crippen LogP contribution in [0.4, 0.5) is 10.1 Å². The Bertz CT molecular complexity index is 742. The van der Waals surface area contributed by atoms with E-state index < -0.39 is 22.4 Å². The number of benzene rings is 1. The summed E-state index contributed by atoms with van der Waals surface area (Å²) in [4.78, 5) is -0.166. The number of nitrogens with one attached hydrogen (secondary N) is 1. The lowest BCUT2D eigenvalue weighted by Crippen LogP contribution is -2.14. The smallest absolute Gasteiger partial charge is 0.265 e. The number of hydrogen-bond acceptors (Lipinski definition) is 4. The van der Waals surface area contributed by atoms with E-state index in [1.54, 1.807) is 0 Å². The number of aryl methyl sites for hydroxylation is 1. The summed E-state index contributed by atoms with van der Waals surface area (Å²) in [5, 5.41) is 9.12. The summed E-state index contributed by atoms with van der Waals surface area (Å²) >= 11 is 5.70. The van der Waals surface area contributed by atoms with Gasteiger partial charge in [0.25, 0.3) is 10.0 Å². The molecule has 0 fully saturated rings. The van der Waals surface area contributed by atoms with Crippen LogP contribution in [-0.4, -0.2) is 13.5 Å². The van der Waals surface area contributed by atoms with Gasteiger partial charge in [-0.1, -0.05) is 11.6 Å². The first-order valence-electron chi connectivity index (χ1n) is 5.51. The van der Waals surface area contributed by atoms with E-state index in [-0.39, 0.29) is 27.1 Å². The average Bonchev–Trinajstić information content (AvgIpc) is 2.76. The van der Waals surface area contributed by atoms with Crippen LogP contribution in [0.1, 0.15) is 11.5 Å². The molecule has 0 saturated heterocycles. The summed E-state index contributed by atoms with van der Waals surface area (Å²) in [6.45, 7) is 1.00. The molecule has 1 aromatic heterocycles. The predicted molar refractivity (Wildman–Crippen MR) is 71.6 cm³/mol. The molecule has 0 unspecified atom stereocenters. The molecule has 108 valence electrons. The van der Waals surface area contributed by atoms with Crippen molar-refractivity contribution in [2.45, 2.75) is 18.4 Å². The lowest BCUT2D eigenvalue weighted by Gasteiger charge is -2.08. The normalized spacial score (nSPS) is 11.6. The molecule has 0 aliphatic carbocycles. The summed E-state index contributed by atoms with van der Waals surface area (Å²) in [5.41, 5.74) is -0.261. The van der Waals surface area contributed by atoms with E-state index in [0.717, 1.165) is 12.1 Å². The molecule has 20 heavy (non-hydrogen) atoms. The molecule has 2 aromatic rings. The molecule has 0 radical (unpaired) electrons. The van der Waals surface area contributed by atoms with Gasteiger partial charge in [-0.25, -0.2) is 12.8 Å². The Morgan fingerprint density at radius 2 is 2.10 bits per heavy atom. The fourth-order valence-electron chi connectivity index (χ4n) is 1.64. The standard InChI is InChI=1S/C12H11ClFNO4S/c1-7-12(5-9(6-16)19-7)20(17,18)15-11-4-8(13)2-3-10(11)14/h2-5,15-16H,6H2,1H3. The van der Waals surface area contributed by atoms with Crippen molar-refractivity contribution in [2.75, 3.05) is 4.72 Å². The quantitative estimate of drug-likeness (QED) is 0.908. The second kappa shape index (κ2) is 5.43. The van der Waals surface area contributed by atoms with Crippen molar-refractivity contribution in [3.05, 3.63) is 46.6 Å². The van der Waals surface area contributed by atoms with Gasteiger partial charge in [-0.05, 0) is 25.1 Å². The average molecular weight is 320 g/mol. The van der Waals surface area contributed by atoms with Crippen LogP contribution in [-0.2, 0) is 16.6 Å². The number of anilines is 1. The van der Waals surface area contributed by atoms with Crippen molar-refractivity contribution < 1.29 is 22.3 Å². The molecule has 5 nitrogen and oxygen atoms in total. The maximum atomic E-state index is 13.5. The fourth-order valence-corrected chi connectivity index (χ4v) is 3.08. The lowest BCUT2D eigenvalue weighted by atomic mass is 10.3. The molecule has 0 aliphatic heterocycles. The Morgan fingerprint density at radius 3 is 2.70 bits per heavy atom. The van der Waals surface area contributed by atoms with E-state index in [1.807, 2.05) is 0 Å². The van der Waals surface area contributed by atoms with Crippen LogP contribution in [0.3, 0.4) is 0 Å². The van der Waals surface area contributed by atoms with E-state index in [4.69, 9.17) is 21.1 Å². The van der Waals surface area contributed by atoms with Gasteiger partial charge in [0, 0.05) is 11.1 Å². The number of hydrogen-bond donors (Lipinski definition) is 2. The Kier molecular flexibility index (Phi) is 4.03. The maximum absolute atomic E-state index is 13.5. The molecule has 0 spiro atoms. The third kappa shape index (κ3) is 2.95. The summed E-state index contributed by atoms with van der Waals surface area (Å²) in [6, 6.07) is 4.71. The minimum atomic E-state index is -4.03. The van der Waals surface area contributed by atoms with Gasteiger partial charge in [-0.15, -0.1) is 0 Å². The topological polar surface area (TPSA) is 79.5 Å². The minimum Gasteiger partial charge on any atom is -0.462 e. The Balaban J connectivity index is 2.40. The molecular weight excluding hydrogens is 309 g/mol. The van der Waals surface area contributed by atoms with Crippen LogP contribution in [0.2, 0.25) is 5.02 Å². The van der Waals surface area contributed by atoms with Gasteiger partial charge in [0.15, 0.2) is 0 Å². The number of halogens is 2. The number of furan rings is 1. The zero-order valence-electron chi connectivity index (χ0n) is 10.4. The van der Waals surface area contributed by atoms with E-state index in [0.29, 0.717) is 0 Å². The third-order valence-electron chi connectivity index (χ3n) is 2.54. The largest absolute Gasteiger partial charge is 0.462 e. The second-order valence-electron chi connectivity index (χ2n) is 4.02. The number of aliphatic hydroxyl groups is 1. The molecular formula is C12H11ClFNO4S.